The van der Waals surface area contributed by atoms with E-state index in [0.29, 0.717) is 42.3 Å². The van der Waals surface area contributed by atoms with Gasteiger partial charge in [-0.3, -0.25) is 0 Å². The minimum atomic E-state index is -3.92. The van der Waals surface area contributed by atoms with Gasteiger partial charge in [0.15, 0.2) is 0 Å². The quantitative estimate of drug-likeness (QED) is 0.0839. The molecule has 58 heavy (non-hydrogen) atoms. The molecule has 0 aliphatic heterocycles. The maximum absolute atomic E-state index is 13.5. The van der Waals surface area contributed by atoms with Crippen molar-refractivity contribution in [2.24, 2.45) is 0 Å². The maximum atomic E-state index is 13.5. The third kappa shape index (κ3) is 9.73. The van der Waals surface area contributed by atoms with E-state index in [0.717, 1.165) is 0 Å². The summed E-state index contributed by atoms with van der Waals surface area (Å²) in [5.41, 5.74) is 0. The van der Waals surface area contributed by atoms with Crippen LogP contribution >= 0.6 is 0 Å². The Balaban J connectivity index is 1.05. The summed E-state index contributed by atoms with van der Waals surface area (Å²) in [6, 6.07) is 34.1. The molecule has 0 amide bonds. The fraction of sp³-hybridized carbons (Fsp3) is 0.163. The first-order chi connectivity index (χ1) is 27.7. The van der Waals surface area contributed by atoms with E-state index in [2.05, 4.69) is 0 Å². The predicted octanol–water partition coefficient (Wildman–Crippen LogP) is 8.37. The van der Waals surface area contributed by atoms with Crippen LogP contribution in [0.5, 0.6) is 34.5 Å². The van der Waals surface area contributed by atoms with Gasteiger partial charge in [0.25, 0.3) is 0 Å². The maximum Gasteiger partial charge on any atom is 0.241 e. The molecule has 0 saturated carbocycles. The van der Waals surface area contributed by atoms with Gasteiger partial charge in [0.2, 0.25) is 42.1 Å². The van der Waals surface area contributed by atoms with E-state index in [1.807, 2.05) is 13.8 Å². The highest BCUT2D eigenvalue weighted by atomic mass is 32.2. The van der Waals surface area contributed by atoms with Crippen LogP contribution in [-0.2, 0) is 29.5 Å². The molecule has 15 heteroatoms. The smallest absolute Gasteiger partial charge is 0.241 e. The van der Waals surface area contributed by atoms with Gasteiger partial charge in [0, 0.05) is 12.8 Å². The summed E-state index contributed by atoms with van der Waals surface area (Å²) in [6.07, 6.45) is 0.109. The van der Waals surface area contributed by atoms with Gasteiger partial charge in [-0.25, -0.2) is 25.3 Å². The largest absolute Gasteiger partial charge is 0.508 e. The zero-order valence-electron chi connectivity index (χ0n) is 31.3. The predicted molar refractivity (Wildman–Crippen MR) is 214 cm³/mol. The number of rotatable bonds is 17. The number of aromatic hydroxyl groups is 2. The van der Waals surface area contributed by atoms with Gasteiger partial charge in [-0.15, -0.1) is 0 Å². The van der Waals surface area contributed by atoms with E-state index in [1.165, 1.54) is 146 Å². The molecular formula is C43H40O12S3. The second kappa shape index (κ2) is 17.6. The van der Waals surface area contributed by atoms with Crippen molar-refractivity contribution in [3.8, 4) is 34.5 Å². The molecule has 6 rings (SSSR count). The molecule has 0 saturated heterocycles. The molecular weight excluding hydrogens is 805 g/mol. The fourth-order valence-electron chi connectivity index (χ4n) is 5.62. The lowest BCUT2D eigenvalue weighted by molar-refractivity contribution is -0.00113. The molecule has 0 radical (unpaired) electrons. The summed E-state index contributed by atoms with van der Waals surface area (Å²) in [5, 5.41) is 19.0. The molecule has 2 N–H and O–H groups in total. The summed E-state index contributed by atoms with van der Waals surface area (Å²) in [7, 11) is -11.5. The van der Waals surface area contributed by atoms with Crippen LogP contribution in [0.2, 0.25) is 0 Å². The summed E-state index contributed by atoms with van der Waals surface area (Å²) in [4.78, 5) is 0.271. The minimum Gasteiger partial charge on any atom is -0.508 e. The number of hydrogen-bond donors (Lipinski definition) is 2. The number of ether oxygens (including phenoxy) is 4. The summed E-state index contributed by atoms with van der Waals surface area (Å²) >= 11 is 0. The Bertz CT molecular complexity index is 2630. The molecule has 302 valence electrons. The van der Waals surface area contributed by atoms with Crippen molar-refractivity contribution in [1.29, 1.82) is 0 Å². The normalized spacial score (nSPS) is 12.9. The van der Waals surface area contributed by atoms with Crippen LogP contribution in [0, 0.1) is 0 Å². The lowest BCUT2D eigenvalue weighted by Crippen LogP contribution is -2.23. The number of hydrogen-bond acceptors (Lipinski definition) is 12. The molecule has 0 aliphatic rings. The number of benzene rings is 6. The second-order valence-electron chi connectivity index (χ2n) is 12.9. The molecule has 0 bridgehead atoms. The third-order valence-electron chi connectivity index (χ3n) is 8.76. The van der Waals surface area contributed by atoms with Crippen molar-refractivity contribution in [3.05, 3.63) is 146 Å². The molecule has 6 aromatic carbocycles. The van der Waals surface area contributed by atoms with Gasteiger partial charge in [0.1, 0.15) is 34.5 Å². The topological polar surface area (TPSA) is 180 Å². The molecule has 2 unspecified atom stereocenters. The van der Waals surface area contributed by atoms with E-state index in [1.54, 1.807) is 0 Å². The Morgan fingerprint density at radius 2 is 0.603 bits per heavy atom. The van der Waals surface area contributed by atoms with Crippen molar-refractivity contribution >= 4 is 29.5 Å². The molecule has 0 heterocycles. The van der Waals surface area contributed by atoms with Crippen LogP contribution in [0.15, 0.2) is 175 Å². The fourth-order valence-corrected chi connectivity index (χ4v) is 9.41. The summed E-state index contributed by atoms with van der Waals surface area (Å²) in [6.45, 7) is 3.79. The lowest BCUT2D eigenvalue weighted by Gasteiger charge is -2.20. The average Bonchev–Trinajstić information content (AvgIpc) is 3.22. The van der Waals surface area contributed by atoms with E-state index < -0.39 is 42.1 Å². The Labute approximate surface area is 337 Å². The summed E-state index contributed by atoms with van der Waals surface area (Å²) < 4.78 is 103. The highest BCUT2D eigenvalue weighted by Crippen LogP contribution is 2.30. The van der Waals surface area contributed by atoms with Crippen LogP contribution in [0.4, 0.5) is 0 Å². The minimum absolute atomic E-state index is 0.0379. The van der Waals surface area contributed by atoms with Crippen LogP contribution in [0.25, 0.3) is 0 Å². The van der Waals surface area contributed by atoms with Gasteiger partial charge in [-0.05, 0) is 152 Å². The van der Waals surface area contributed by atoms with Gasteiger partial charge in [-0.1, -0.05) is 13.8 Å². The first-order valence-electron chi connectivity index (χ1n) is 18.1. The third-order valence-corrected chi connectivity index (χ3v) is 14.1. The molecule has 0 aliphatic carbocycles. The highest BCUT2D eigenvalue weighted by molar-refractivity contribution is 7.92. The van der Waals surface area contributed by atoms with Crippen LogP contribution in [-0.4, -0.2) is 48.0 Å². The van der Waals surface area contributed by atoms with Gasteiger partial charge >= 0.3 is 0 Å². The number of phenols is 2. The molecule has 0 aromatic heterocycles. The van der Waals surface area contributed by atoms with Crippen molar-refractivity contribution in [3.63, 3.8) is 0 Å². The first kappa shape index (κ1) is 41.6. The Hall–Kier alpha value is -6.03. The van der Waals surface area contributed by atoms with Crippen molar-refractivity contribution in [1.82, 2.24) is 0 Å². The number of sulfone groups is 3. The lowest BCUT2D eigenvalue weighted by atomic mass is 10.3. The highest BCUT2D eigenvalue weighted by Gasteiger charge is 2.22. The zero-order valence-corrected chi connectivity index (χ0v) is 33.8. The van der Waals surface area contributed by atoms with E-state index in [-0.39, 0.29) is 40.9 Å². The van der Waals surface area contributed by atoms with Crippen LogP contribution in [0.1, 0.15) is 33.1 Å². The Morgan fingerprint density at radius 3 is 0.828 bits per heavy atom. The molecule has 2 atom stereocenters. The number of phenolic OH excluding ortho intramolecular Hbond substituents is 2. The zero-order chi connectivity index (χ0) is 41.5. The van der Waals surface area contributed by atoms with E-state index >= 15 is 0 Å². The molecule has 0 spiro atoms. The van der Waals surface area contributed by atoms with Gasteiger partial charge < -0.3 is 29.2 Å². The Kier molecular flexibility index (Phi) is 12.6. The van der Waals surface area contributed by atoms with Crippen molar-refractivity contribution in [2.75, 3.05) is 0 Å². The summed E-state index contributed by atoms with van der Waals surface area (Å²) in [5.74, 6) is 1.39. The van der Waals surface area contributed by atoms with E-state index in [9.17, 15) is 35.5 Å². The molecule has 6 aromatic rings. The monoisotopic (exact) mass is 844 g/mol. The SMILES string of the molecule is CCCC(Oc1ccc(S(=O)(=O)c2ccc(O)cc2)cc1)Oc1ccc(S(=O)(=O)c2ccc(OC(CC)Oc3ccc(S(=O)(=O)c4ccc(O)cc4)cc3)cc2)cc1. The van der Waals surface area contributed by atoms with Crippen molar-refractivity contribution in [2.45, 2.75) is 75.1 Å². The average molecular weight is 845 g/mol. The first-order valence-corrected chi connectivity index (χ1v) is 22.5. The standard InChI is InChI=1S/C43H40O12S3/c1-3-5-43(54-34-14-26-39(27-15-34)57(48,49)37-20-8-31(45)9-21-37)55-35-16-28-41(29-17-35)58(50,51)40-24-12-33(13-25-40)53-42(4-2)52-32-10-22-38(23-11-32)56(46,47)36-18-6-30(44)7-19-36/h6-29,42-45H,3-5H2,1-2H3. The van der Waals surface area contributed by atoms with Gasteiger partial charge in [-0.2, -0.15) is 0 Å². The molecule has 0 fully saturated rings. The molecule has 12 nitrogen and oxygen atoms in total. The van der Waals surface area contributed by atoms with Crippen LogP contribution < -0.4 is 18.9 Å². The van der Waals surface area contributed by atoms with E-state index in [4.69, 9.17) is 18.9 Å². The Morgan fingerprint density at radius 1 is 0.379 bits per heavy atom. The van der Waals surface area contributed by atoms with Gasteiger partial charge in [0.05, 0.1) is 29.4 Å². The second-order valence-corrected chi connectivity index (χ2v) is 18.8. The van der Waals surface area contributed by atoms with Crippen molar-refractivity contribution < 1.29 is 54.4 Å². The van der Waals surface area contributed by atoms with Crippen LogP contribution in [0.3, 0.4) is 0 Å².